The standard InChI is InChI=1S/C12H11N3OS/c16-10-3-1-9(2-4-10)14-15-7-12-11(13-8-15)5-6-17-12/h1-7,14,16H,8H2. The Balaban J connectivity index is 1.82. The van der Waals surface area contributed by atoms with Crippen molar-refractivity contribution in [3.05, 3.63) is 45.6 Å². The smallest absolute Gasteiger partial charge is 0.129 e. The van der Waals surface area contributed by atoms with E-state index in [9.17, 15) is 5.11 Å². The highest BCUT2D eigenvalue weighted by Crippen LogP contribution is 2.14. The number of fused-ring (bicyclic) bond motifs is 1. The highest BCUT2D eigenvalue weighted by Gasteiger charge is 2.04. The molecule has 0 atom stereocenters. The molecule has 0 aliphatic carbocycles. The van der Waals surface area contributed by atoms with Crippen molar-refractivity contribution < 1.29 is 5.11 Å². The molecule has 0 unspecified atom stereocenters. The second kappa shape index (κ2) is 4.10. The third-order valence-electron chi connectivity index (χ3n) is 2.48. The molecular weight excluding hydrogens is 234 g/mol. The summed E-state index contributed by atoms with van der Waals surface area (Å²) < 4.78 is 1.16. The number of thiophene rings is 1. The van der Waals surface area contributed by atoms with Crippen LogP contribution < -0.4 is 15.3 Å². The maximum Gasteiger partial charge on any atom is 0.129 e. The van der Waals surface area contributed by atoms with Crippen molar-refractivity contribution in [2.75, 3.05) is 12.1 Å². The molecule has 5 heteroatoms. The van der Waals surface area contributed by atoms with Gasteiger partial charge in [0.25, 0.3) is 0 Å². The molecule has 0 saturated carbocycles. The molecule has 0 spiro atoms. The topological polar surface area (TPSA) is 47.9 Å². The van der Waals surface area contributed by atoms with Crippen molar-refractivity contribution in [1.29, 1.82) is 0 Å². The number of hydrazine groups is 1. The Morgan fingerprint density at radius 3 is 2.88 bits per heavy atom. The molecular formula is C12H11N3OS. The zero-order valence-electron chi connectivity index (χ0n) is 9.00. The van der Waals surface area contributed by atoms with Gasteiger partial charge >= 0.3 is 0 Å². The molecule has 86 valence electrons. The van der Waals surface area contributed by atoms with E-state index in [4.69, 9.17) is 0 Å². The van der Waals surface area contributed by atoms with Gasteiger partial charge in [-0.25, -0.2) is 0 Å². The van der Waals surface area contributed by atoms with Gasteiger partial charge < -0.3 is 5.11 Å². The number of anilines is 1. The van der Waals surface area contributed by atoms with Crippen LogP contribution in [0.2, 0.25) is 0 Å². The Hall–Kier alpha value is -2.01. The average molecular weight is 245 g/mol. The minimum atomic E-state index is 0.267. The van der Waals surface area contributed by atoms with Crippen molar-refractivity contribution in [2.24, 2.45) is 4.99 Å². The Morgan fingerprint density at radius 2 is 2.06 bits per heavy atom. The molecule has 0 bridgehead atoms. The number of hydrogen-bond donors (Lipinski definition) is 2. The van der Waals surface area contributed by atoms with E-state index in [1.54, 1.807) is 23.5 Å². The lowest BCUT2D eigenvalue weighted by Gasteiger charge is -2.21. The number of aromatic hydroxyl groups is 1. The van der Waals surface area contributed by atoms with E-state index in [1.807, 2.05) is 34.8 Å². The molecule has 1 aliphatic rings. The predicted molar refractivity (Wildman–Crippen MR) is 68.0 cm³/mol. The van der Waals surface area contributed by atoms with Crippen molar-refractivity contribution in [3.8, 4) is 5.75 Å². The fraction of sp³-hybridized carbons (Fsp3) is 0.0833. The van der Waals surface area contributed by atoms with E-state index < -0.39 is 0 Å². The number of phenols is 1. The van der Waals surface area contributed by atoms with Gasteiger partial charge in [-0.05, 0) is 35.7 Å². The summed E-state index contributed by atoms with van der Waals surface area (Å²) in [4.78, 5) is 4.44. The molecule has 1 aliphatic heterocycles. The minimum absolute atomic E-state index is 0.267. The Labute approximate surface area is 102 Å². The summed E-state index contributed by atoms with van der Waals surface area (Å²) in [5.74, 6) is 0.267. The number of nitrogens with one attached hydrogen (secondary N) is 1. The normalized spacial score (nSPS) is 13.5. The van der Waals surface area contributed by atoms with Crippen molar-refractivity contribution in [1.82, 2.24) is 5.01 Å². The molecule has 2 N–H and O–H groups in total. The average Bonchev–Trinajstić information content (AvgIpc) is 2.79. The summed E-state index contributed by atoms with van der Waals surface area (Å²) in [7, 11) is 0. The Bertz CT molecular complexity index is 633. The van der Waals surface area contributed by atoms with Gasteiger partial charge in [-0.1, -0.05) is 0 Å². The van der Waals surface area contributed by atoms with Crippen LogP contribution >= 0.6 is 11.3 Å². The monoisotopic (exact) mass is 245 g/mol. The van der Waals surface area contributed by atoms with Crippen LogP contribution in [-0.2, 0) is 0 Å². The summed E-state index contributed by atoms with van der Waals surface area (Å²) in [5.41, 5.74) is 4.14. The summed E-state index contributed by atoms with van der Waals surface area (Å²) >= 11 is 1.67. The Morgan fingerprint density at radius 1 is 1.24 bits per heavy atom. The van der Waals surface area contributed by atoms with Gasteiger partial charge in [0, 0.05) is 6.20 Å². The van der Waals surface area contributed by atoms with Gasteiger partial charge in [-0.15, -0.1) is 11.3 Å². The lowest BCUT2D eigenvalue weighted by Crippen LogP contribution is -2.35. The first-order chi connectivity index (χ1) is 8.31. The molecule has 2 aromatic rings. The minimum Gasteiger partial charge on any atom is -0.508 e. The molecule has 4 nitrogen and oxygen atoms in total. The quantitative estimate of drug-likeness (QED) is 0.779. The zero-order chi connectivity index (χ0) is 11.7. The molecule has 0 fully saturated rings. The number of hydrogen-bond acceptors (Lipinski definition) is 5. The largest absolute Gasteiger partial charge is 0.508 e. The van der Waals surface area contributed by atoms with Crippen LogP contribution in [0.15, 0.2) is 40.7 Å². The van der Waals surface area contributed by atoms with Crippen LogP contribution in [-0.4, -0.2) is 16.8 Å². The van der Waals surface area contributed by atoms with Crippen LogP contribution in [0.3, 0.4) is 0 Å². The summed E-state index contributed by atoms with van der Waals surface area (Å²) in [6.45, 7) is 0.588. The number of benzene rings is 1. The van der Waals surface area contributed by atoms with Gasteiger partial charge in [0.05, 0.1) is 15.6 Å². The highest BCUT2D eigenvalue weighted by atomic mass is 32.1. The van der Waals surface area contributed by atoms with Crippen LogP contribution in [0.5, 0.6) is 5.75 Å². The fourth-order valence-electron chi connectivity index (χ4n) is 1.65. The SMILES string of the molecule is Oc1ccc(NN2C=c3sccc3=NC2)cc1. The van der Waals surface area contributed by atoms with Crippen molar-refractivity contribution in [3.63, 3.8) is 0 Å². The Kier molecular flexibility index (Phi) is 2.45. The molecule has 2 heterocycles. The summed E-state index contributed by atoms with van der Waals surface area (Å²) in [6.07, 6.45) is 2.04. The second-order valence-corrected chi connectivity index (χ2v) is 4.67. The van der Waals surface area contributed by atoms with Gasteiger partial charge in [-0.2, -0.15) is 0 Å². The molecule has 17 heavy (non-hydrogen) atoms. The van der Waals surface area contributed by atoms with E-state index in [2.05, 4.69) is 10.4 Å². The third kappa shape index (κ3) is 2.09. The van der Waals surface area contributed by atoms with E-state index in [0.717, 1.165) is 15.6 Å². The lowest BCUT2D eigenvalue weighted by atomic mass is 10.3. The first kappa shape index (κ1) is 10.2. The van der Waals surface area contributed by atoms with E-state index in [0.29, 0.717) is 6.67 Å². The fourth-order valence-corrected chi connectivity index (χ4v) is 2.43. The zero-order valence-corrected chi connectivity index (χ0v) is 9.81. The third-order valence-corrected chi connectivity index (χ3v) is 3.32. The van der Waals surface area contributed by atoms with Crippen molar-refractivity contribution >= 4 is 23.2 Å². The van der Waals surface area contributed by atoms with E-state index in [1.165, 1.54) is 0 Å². The van der Waals surface area contributed by atoms with E-state index in [-0.39, 0.29) is 5.75 Å². The number of rotatable bonds is 2. The molecule has 1 aromatic heterocycles. The van der Waals surface area contributed by atoms with Gasteiger partial charge in [0.15, 0.2) is 0 Å². The van der Waals surface area contributed by atoms with Crippen LogP contribution in [0.4, 0.5) is 5.69 Å². The highest BCUT2D eigenvalue weighted by molar-refractivity contribution is 7.07. The van der Waals surface area contributed by atoms with Gasteiger partial charge in [-0.3, -0.25) is 15.4 Å². The lowest BCUT2D eigenvalue weighted by molar-refractivity contribution is 0.474. The molecule has 3 rings (SSSR count). The van der Waals surface area contributed by atoms with Gasteiger partial charge in [0.1, 0.15) is 12.4 Å². The maximum atomic E-state index is 9.20. The molecule has 1 aromatic carbocycles. The van der Waals surface area contributed by atoms with E-state index >= 15 is 0 Å². The first-order valence-corrected chi connectivity index (χ1v) is 6.11. The van der Waals surface area contributed by atoms with Crippen LogP contribution in [0.25, 0.3) is 6.20 Å². The first-order valence-electron chi connectivity index (χ1n) is 5.23. The predicted octanol–water partition coefficient (Wildman–Crippen LogP) is 1.11. The summed E-state index contributed by atoms with van der Waals surface area (Å²) in [6, 6.07) is 8.98. The van der Waals surface area contributed by atoms with Crippen molar-refractivity contribution in [2.45, 2.75) is 0 Å². The summed E-state index contributed by atoms with van der Waals surface area (Å²) in [5, 5.41) is 14.2. The van der Waals surface area contributed by atoms with Gasteiger partial charge in [0.2, 0.25) is 0 Å². The second-order valence-electron chi connectivity index (χ2n) is 3.73. The molecule has 0 amide bonds. The molecule has 0 saturated heterocycles. The maximum absolute atomic E-state index is 9.20. The van der Waals surface area contributed by atoms with Crippen LogP contribution in [0, 0.1) is 0 Å². The number of phenolic OH excluding ortho intramolecular Hbond substituents is 1. The number of nitrogens with zero attached hydrogens (tertiary/aromatic N) is 2. The molecule has 0 radical (unpaired) electrons. The van der Waals surface area contributed by atoms with Crippen LogP contribution in [0.1, 0.15) is 0 Å².